The van der Waals surface area contributed by atoms with Gasteiger partial charge in [-0.25, -0.2) is 9.78 Å². The Balaban J connectivity index is 1.48. The number of carbonyl (C=O) groups is 2. The fraction of sp³-hybridized carbons (Fsp3) is 0.222. The molecule has 2 aromatic carbocycles. The molecule has 0 aliphatic rings. The maximum atomic E-state index is 12.3. The average Bonchev–Trinajstić information content (AvgIpc) is 3.26. The summed E-state index contributed by atoms with van der Waals surface area (Å²) in [5, 5.41) is 16.4. The lowest BCUT2D eigenvalue weighted by molar-refractivity contribution is -0.124. The molecule has 4 aromatic rings. The van der Waals surface area contributed by atoms with Gasteiger partial charge < -0.3 is 20.1 Å². The molecule has 1 atom stereocenters. The van der Waals surface area contributed by atoms with E-state index in [0.717, 1.165) is 22.1 Å². The normalized spacial score (nSPS) is 11.9. The van der Waals surface area contributed by atoms with E-state index in [0.29, 0.717) is 23.4 Å². The summed E-state index contributed by atoms with van der Waals surface area (Å²) in [6.07, 6.45) is 2.13. The van der Waals surface area contributed by atoms with Crippen molar-refractivity contribution in [1.82, 2.24) is 9.97 Å². The van der Waals surface area contributed by atoms with E-state index in [1.54, 1.807) is 12.3 Å². The summed E-state index contributed by atoms with van der Waals surface area (Å²) < 4.78 is 5.29. The number of aromatic nitrogens is 2. The van der Waals surface area contributed by atoms with E-state index in [1.807, 2.05) is 74.6 Å². The number of nitrogens with one attached hydrogen (secondary N) is 3. The summed E-state index contributed by atoms with van der Waals surface area (Å²) in [5.74, 6) is -0.226. The summed E-state index contributed by atoms with van der Waals surface area (Å²) in [7, 11) is 0. The Morgan fingerprint density at radius 2 is 1.83 bits per heavy atom. The molecule has 1 unspecified atom stereocenters. The molecule has 0 saturated heterocycles. The Morgan fingerprint density at radius 1 is 1.03 bits per heavy atom. The summed E-state index contributed by atoms with van der Waals surface area (Å²) in [4.78, 5) is 32.1. The Hall–Kier alpha value is -4.17. The molecule has 180 valence electrons. The molecule has 2 amide bonds. The van der Waals surface area contributed by atoms with Gasteiger partial charge in [0.2, 0.25) is 0 Å². The van der Waals surface area contributed by atoms with Crippen molar-refractivity contribution < 1.29 is 19.4 Å². The van der Waals surface area contributed by atoms with Crippen molar-refractivity contribution in [2.45, 2.75) is 33.0 Å². The monoisotopic (exact) mass is 472 g/mol. The number of ether oxygens (including phenoxy) is 1. The third-order valence-corrected chi connectivity index (χ3v) is 5.43. The minimum absolute atomic E-state index is 0.169. The van der Waals surface area contributed by atoms with Crippen molar-refractivity contribution >= 4 is 34.4 Å². The number of hydrogen-bond donors (Lipinski definition) is 4. The summed E-state index contributed by atoms with van der Waals surface area (Å²) in [6.45, 7) is 4.07. The van der Waals surface area contributed by atoms with Crippen LogP contribution in [-0.2, 0) is 16.1 Å². The Kier molecular flexibility index (Phi) is 7.42. The van der Waals surface area contributed by atoms with Crippen LogP contribution >= 0.6 is 0 Å². The summed E-state index contributed by atoms with van der Waals surface area (Å²) in [6, 6.07) is 18.6. The van der Waals surface area contributed by atoms with Gasteiger partial charge >= 0.3 is 6.09 Å². The fourth-order valence-corrected chi connectivity index (χ4v) is 3.73. The molecule has 0 spiro atoms. The molecule has 0 bridgehead atoms. The molecule has 0 aliphatic heterocycles. The van der Waals surface area contributed by atoms with E-state index in [2.05, 4.69) is 20.6 Å². The predicted octanol–water partition coefficient (Wildman–Crippen LogP) is 5.32. The average molecular weight is 473 g/mol. The molecule has 35 heavy (non-hydrogen) atoms. The highest BCUT2D eigenvalue weighted by atomic mass is 16.5. The molecule has 0 fully saturated rings. The quantitative estimate of drug-likeness (QED) is 0.277. The third kappa shape index (κ3) is 6.24. The number of nitrogens with zero attached hydrogens (tertiary/aromatic N) is 1. The maximum absolute atomic E-state index is 12.3. The number of H-pyrrole nitrogens is 1. The summed E-state index contributed by atoms with van der Waals surface area (Å²) in [5.41, 5.74) is 4.33. The van der Waals surface area contributed by atoms with Crippen LogP contribution in [0.5, 0.6) is 0 Å². The van der Waals surface area contributed by atoms with E-state index < -0.39 is 18.1 Å². The van der Waals surface area contributed by atoms with Crippen LogP contribution < -0.4 is 10.6 Å². The van der Waals surface area contributed by atoms with Crippen LogP contribution in [0, 0.1) is 5.92 Å². The standard InChI is InChI=1S/C27H28N4O4/c1-17(2)11-24(32)26(33)30-20-10-6-9-19(12-20)23-15-29-25-22(23)13-21(14-28-25)31-27(34)35-16-18-7-4-3-5-8-18/h3-10,12-15,17,24,32H,11,16H2,1-2H3,(H,28,29)(H,30,33)(H,31,34). The van der Waals surface area contributed by atoms with Crippen LogP contribution in [0.25, 0.3) is 22.2 Å². The first-order valence-corrected chi connectivity index (χ1v) is 11.4. The molecule has 2 aromatic heterocycles. The van der Waals surface area contributed by atoms with Gasteiger partial charge in [0.25, 0.3) is 5.91 Å². The van der Waals surface area contributed by atoms with E-state index >= 15 is 0 Å². The number of aromatic amines is 1. The number of hydrogen-bond acceptors (Lipinski definition) is 5. The van der Waals surface area contributed by atoms with Crippen molar-refractivity contribution in [3.05, 3.63) is 78.6 Å². The van der Waals surface area contributed by atoms with Crippen LogP contribution in [-0.4, -0.2) is 33.2 Å². The van der Waals surface area contributed by atoms with Gasteiger partial charge in [-0.2, -0.15) is 0 Å². The highest BCUT2D eigenvalue weighted by Crippen LogP contribution is 2.31. The second-order valence-corrected chi connectivity index (χ2v) is 8.72. The van der Waals surface area contributed by atoms with Crippen molar-refractivity contribution in [2.75, 3.05) is 10.6 Å². The van der Waals surface area contributed by atoms with Crippen LogP contribution in [0.1, 0.15) is 25.8 Å². The zero-order chi connectivity index (χ0) is 24.8. The number of carbonyl (C=O) groups excluding carboxylic acids is 2. The van der Waals surface area contributed by atoms with E-state index in [1.165, 1.54) is 0 Å². The Bertz CT molecular complexity index is 1320. The number of fused-ring (bicyclic) bond motifs is 1. The first-order valence-electron chi connectivity index (χ1n) is 11.4. The number of amides is 2. The van der Waals surface area contributed by atoms with Gasteiger partial charge in [0, 0.05) is 22.8 Å². The van der Waals surface area contributed by atoms with Gasteiger partial charge in [-0.3, -0.25) is 10.1 Å². The minimum atomic E-state index is -1.06. The Morgan fingerprint density at radius 3 is 2.60 bits per heavy atom. The molecule has 0 saturated carbocycles. The largest absolute Gasteiger partial charge is 0.444 e. The molecule has 0 aliphatic carbocycles. The number of aliphatic hydroxyl groups is 1. The third-order valence-electron chi connectivity index (χ3n) is 5.43. The minimum Gasteiger partial charge on any atom is -0.444 e. The van der Waals surface area contributed by atoms with E-state index in [-0.39, 0.29) is 12.5 Å². The van der Waals surface area contributed by atoms with Gasteiger partial charge in [-0.15, -0.1) is 0 Å². The smallest absolute Gasteiger partial charge is 0.412 e. The summed E-state index contributed by atoms with van der Waals surface area (Å²) >= 11 is 0. The fourth-order valence-electron chi connectivity index (χ4n) is 3.73. The molecule has 4 N–H and O–H groups in total. The van der Waals surface area contributed by atoms with Gasteiger partial charge in [0.1, 0.15) is 18.4 Å². The highest BCUT2D eigenvalue weighted by Gasteiger charge is 2.17. The molecule has 0 radical (unpaired) electrons. The molecule has 8 nitrogen and oxygen atoms in total. The second-order valence-electron chi connectivity index (χ2n) is 8.72. The van der Waals surface area contributed by atoms with Crippen molar-refractivity contribution in [3.63, 3.8) is 0 Å². The topological polar surface area (TPSA) is 116 Å². The lowest BCUT2D eigenvalue weighted by Gasteiger charge is -2.13. The zero-order valence-electron chi connectivity index (χ0n) is 19.6. The van der Waals surface area contributed by atoms with Crippen LogP contribution in [0.3, 0.4) is 0 Å². The second kappa shape index (κ2) is 10.8. The highest BCUT2D eigenvalue weighted by molar-refractivity contribution is 5.99. The van der Waals surface area contributed by atoms with Crippen LogP contribution in [0.2, 0.25) is 0 Å². The molecule has 2 heterocycles. The molecular weight excluding hydrogens is 444 g/mol. The van der Waals surface area contributed by atoms with Gasteiger partial charge in [0.05, 0.1) is 11.9 Å². The Labute approximate surface area is 203 Å². The first kappa shape index (κ1) is 24.0. The first-order chi connectivity index (χ1) is 16.9. The lowest BCUT2D eigenvalue weighted by Crippen LogP contribution is -2.28. The maximum Gasteiger partial charge on any atom is 0.412 e. The van der Waals surface area contributed by atoms with Crippen molar-refractivity contribution in [3.8, 4) is 11.1 Å². The molecule has 8 heteroatoms. The molecular formula is C27H28N4O4. The van der Waals surface area contributed by atoms with Crippen LogP contribution in [0.15, 0.2) is 73.1 Å². The number of aliphatic hydroxyl groups excluding tert-OH is 1. The number of rotatable bonds is 8. The van der Waals surface area contributed by atoms with E-state index in [9.17, 15) is 14.7 Å². The van der Waals surface area contributed by atoms with Gasteiger partial charge in [-0.05, 0) is 41.7 Å². The van der Waals surface area contributed by atoms with E-state index in [4.69, 9.17) is 4.74 Å². The number of pyridine rings is 1. The zero-order valence-corrected chi connectivity index (χ0v) is 19.6. The van der Waals surface area contributed by atoms with Gasteiger partial charge in [0.15, 0.2) is 0 Å². The van der Waals surface area contributed by atoms with Crippen molar-refractivity contribution in [2.24, 2.45) is 5.92 Å². The SMILES string of the molecule is CC(C)CC(O)C(=O)Nc1cccc(-c2c[nH]c3ncc(NC(=O)OCc4ccccc4)cc23)c1. The van der Waals surface area contributed by atoms with Crippen molar-refractivity contribution in [1.29, 1.82) is 0 Å². The number of anilines is 2. The lowest BCUT2D eigenvalue weighted by atomic mass is 10.0. The number of benzene rings is 2. The van der Waals surface area contributed by atoms with Crippen LogP contribution in [0.4, 0.5) is 16.2 Å². The predicted molar refractivity (Wildman–Crippen MR) is 136 cm³/mol. The van der Waals surface area contributed by atoms with Gasteiger partial charge in [-0.1, -0.05) is 56.3 Å². The molecule has 4 rings (SSSR count).